The van der Waals surface area contributed by atoms with Crippen LogP contribution in [-0.4, -0.2) is 53.7 Å². The lowest BCUT2D eigenvalue weighted by Crippen LogP contribution is -2.57. The molecule has 0 spiro atoms. The molecule has 0 aromatic rings. The molecule has 1 aliphatic rings. The number of amides is 1. The van der Waals surface area contributed by atoms with E-state index in [4.69, 9.17) is 5.73 Å². The molecule has 1 amide bonds. The molecule has 5 nitrogen and oxygen atoms in total. The molecule has 1 heterocycles. The van der Waals surface area contributed by atoms with E-state index in [1.54, 1.807) is 13.8 Å². The molecule has 15 heavy (non-hydrogen) atoms. The molecule has 0 radical (unpaired) electrons. The first kappa shape index (κ1) is 12.4. The zero-order chi connectivity index (χ0) is 11.5. The quantitative estimate of drug-likeness (QED) is 0.556. The predicted octanol–water partition coefficient (Wildman–Crippen LogP) is -1.09. The molecular weight excluding hydrogens is 194 g/mol. The van der Waals surface area contributed by atoms with Crippen molar-refractivity contribution in [2.24, 2.45) is 5.73 Å². The Balaban J connectivity index is 2.46. The van der Waals surface area contributed by atoms with Gasteiger partial charge in [0.25, 0.3) is 0 Å². The molecule has 0 aromatic carbocycles. The Labute approximate surface area is 90.6 Å². The molecule has 1 rings (SSSR count). The zero-order valence-electron chi connectivity index (χ0n) is 9.49. The predicted molar refractivity (Wildman–Crippen MR) is 58.3 cm³/mol. The van der Waals surface area contributed by atoms with Crippen LogP contribution in [-0.2, 0) is 4.79 Å². The Hall–Kier alpha value is -0.650. The number of aliphatic hydroxyl groups is 1. The summed E-state index contributed by atoms with van der Waals surface area (Å²) >= 11 is 0. The van der Waals surface area contributed by atoms with Crippen LogP contribution in [0.25, 0.3) is 0 Å². The van der Waals surface area contributed by atoms with E-state index in [1.165, 1.54) is 0 Å². The van der Waals surface area contributed by atoms with Gasteiger partial charge in [0.2, 0.25) is 5.91 Å². The zero-order valence-corrected chi connectivity index (χ0v) is 9.49. The number of hydrogen-bond acceptors (Lipinski definition) is 4. The van der Waals surface area contributed by atoms with Crippen molar-refractivity contribution in [1.82, 2.24) is 10.2 Å². The maximum atomic E-state index is 11.2. The number of hydrogen-bond donors (Lipinski definition) is 3. The first-order valence-corrected chi connectivity index (χ1v) is 5.36. The Morgan fingerprint density at radius 1 is 1.67 bits per heavy atom. The molecular formula is C10H21N3O2. The summed E-state index contributed by atoms with van der Waals surface area (Å²) in [6.07, 6.45) is 0.650. The highest BCUT2D eigenvalue weighted by atomic mass is 16.3. The number of piperazine rings is 1. The fourth-order valence-corrected chi connectivity index (χ4v) is 1.71. The van der Waals surface area contributed by atoms with Crippen LogP contribution in [0.15, 0.2) is 0 Å². The Morgan fingerprint density at radius 2 is 2.33 bits per heavy atom. The molecule has 4 N–H and O–H groups in total. The van der Waals surface area contributed by atoms with Crippen LogP contribution in [0, 0.1) is 0 Å². The molecule has 88 valence electrons. The molecule has 0 aromatic heterocycles. The highest BCUT2D eigenvalue weighted by Crippen LogP contribution is 2.11. The number of nitrogens with zero attached hydrogens (tertiary/aromatic N) is 1. The largest absolute Gasteiger partial charge is 0.390 e. The molecule has 1 atom stereocenters. The van der Waals surface area contributed by atoms with Gasteiger partial charge in [-0.1, -0.05) is 0 Å². The molecule has 5 heteroatoms. The van der Waals surface area contributed by atoms with Crippen molar-refractivity contribution in [1.29, 1.82) is 0 Å². The van der Waals surface area contributed by atoms with E-state index in [-0.39, 0.29) is 11.9 Å². The molecule has 0 bridgehead atoms. The van der Waals surface area contributed by atoms with Crippen LogP contribution in [0.2, 0.25) is 0 Å². The van der Waals surface area contributed by atoms with Gasteiger partial charge in [-0.15, -0.1) is 0 Å². The Bertz CT molecular complexity index is 225. The second-order valence-electron chi connectivity index (χ2n) is 4.72. The minimum Gasteiger partial charge on any atom is -0.390 e. The lowest BCUT2D eigenvalue weighted by molar-refractivity contribution is -0.124. The third kappa shape index (κ3) is 4.15. The fourth-order valence-electron chi connectivity index (χ4n) is 1.71. The van der Waals surface area contributed by atoms with Gasteiger partial charge >= 0.3 is 0 Å². The van der Waals surface area contributed by atoms with Crippen LogP contribution in [0.1, 0.15) is 20.3 Å². The van der Waals surface area contributed by atoms with Crippen LogP contribution >= 0.6 is 0 Å². The average Bonchev–Trinajstić information content (AvgIpc) is 2.14. The summed E-state index contributed by atoms with van der Waals surface area (Å²) in [6.45, 7) is 6.54. The number of carbonyl (C=O) groups is 1. The third-order valence-electron chi connectivity index (χ3n) is 2.69. The van der Waals surface area contributed by atoms with Gasteiger partial charge in [-0.05, 0) is 20.3 Å². The topological polar surface area (TPSA) is 78.6 Å². The van der Waals surface area contributed by atoms with Crippen molar-refractivity contribution in [3.05, 3.63) is 0 Å². The molecule has 1 aliphatic heterocycles. The Morgan fingerprint density at radius 3 is 2.87 bits per heavy atom. The number of carbonyl (C=O) groups excluding carboxylic acids is 1. The molecule has 0 saturated carbocycles. The van der Waals surface area contributed by atoms with E-state index in [0.717, 1.165) is 13.1 Å². The second kappa shape index (κ2) is 4.92. The number of nitrogens with two attached hydrogens (primary N) is 1. The standard InChI is InChI=1S/C10H21N3O2/c1-10(2,15)3-5-13-6-4-12-7-8(13)9(11)14/h8,12,15H,3-7H2,1-2H3,(H2,11,14). The molecule has 0 aliphatic carbocycles. The van der Waals surface area contributed by atoms with Crippen LogP contribution in [0.4, 0.5) is 0 Å². The van der Waals surface area contributed by atoms with Crippen molar-refractivity contribution in [3.8, 4) is 0 Å². The van der Waals surface area contributed by atoms with E-state index in [9.17, 15) is 9.90 Å². The first-order valence-electron chi connectivity index (χ1n) is 5.36. The molecule has 1 saturated heterocycles. The van der Waals surface area contributed by atoms with E-state index >= 15 is 0 Å². The fraction of sp³-hybridized carbons (Fsp3) is 0.900. The lowest BCUT2D eigenvalue weighted by atomic mass is 10.0. The van der Waals surface area contributed by atoms with Crippen molar-refractivity contribution in [2.45, 2.75) is 31.9 Å². The molecule has 1 unspecified atom stereocenters. The van der Waals surface area contributed by atoms with Crippen LogP contribution in [0.5, 0.6) is 0 Å². The summed E-state index contributed by atoms with van der Waals surface area (Å²) < 4.78 is 0. The first-order chi connectivity index (χ1) is 6.90. The molecule has 1 fully saturated rings. The summed E-state index contributed by atoms with van der Waals surface area (Å²) in [5.74, 6) is -0.294. The lowest BCUT2D eigenvalue weighted by Gasteiger charge is -2.35. The van der Waals surface area contributed by atoms with Gasteiger partial charge in [0, 0.05) is 26.2 Å². The number of rotatable bonds is 4. The smallest absolute Gasteiger partial charge is 0.236 e. The van der Waals surface area contributed by atoms with Crippen molar-refractivity contribution < 1.29 is 9.90 Å². The SMILES string of the molecule is CC(C)(O)CCN1CCNCC1C(N)=O. The summed E-state index contributed by atoms with van der Waals surface area (Å²) in [6, 6.07) is -0.235. The number of nitrogens with one attached hydrogen (secondary N) is 1. The van der Waals surface area contributed by atoms with Crippen LogP contribution in [0.3, 0.4) is 0 Å². The van der Waals surface area contributed by atoms with E-state index in [2.05, 4.69) is 5.32 Å². The summed E-state index contributed by atoms with van der Waals surface area (Å²) in [4.78, 5) is 13.2. The van der Waals surface area contributed by atoms with Gasteiger partial charge in [-0.3, -0.25) is 9.69 Å². The Kier molecular flexibility index (Phi) is 4.07. The van der Waals surface area contributed by atoms with Crippen LogP contribution < -0.4 is 11.1 Å². The van der Waals surface area contributed by atoms with Gasteiger partial charge in [0.1, 0.15) is 6.04 Å². The van der Waals surface area contributed by atoms with Gasteiger partial charge in [0.05, 0.1) is 5.60 Å². The van der Waals surface area contributed by atoms with Crippen molar-refractivity contribution in [2.75, 3.05) is 26.2 Å². The van der Waals surface area contributed by atoms with Gasteiger partial charge in [-0.2, -0.15) is 0 Å². The van der Waals surface area contributed by atoms with E-state index in [0.29, 0.717) is 19.5 Å². The maximum absolute atomic E-state index is 11.2. The highest BCUT2D eigenvalue weighted by Gasteiger charge is 2.27. The van der Waals surface area contributed by atoms with Crippen molar-refractivity contribution in [3.63, 3.8) is 0 Å². The second-order valence-corrected chi connectivity index (χ2v) is 4.72. The highest BCUT2D eigenvalue weighted by molar-refractivity contribution is 5.80. The van der Waals surface area contributed by atoms with Gasteiger partial charge in [-0.25, -0.2) is 0 Å². The summed E-state index contributed by atoms with van der Waals surface area (Å²) in [7, 11) is 0. The minimum absolute atomic E-state index is 0.235. The van der Waals surface area contributed by atoms with Gasteiger partial charge < -0.3 is 16.2 Å². The monoisotopic (exact) mass is 215 g/mol. The summed E-state index contributed by atoms with van der Waals surface area (Å²) in [5, 5.41) is 12.8. The van der Waals surface area contributed by atoms with Crippen molar-refractivity contribution >= 4 is 5.91 Å². The third-order valence-corrected chi connectivity index (χ3v) is 2.69. The summed E-state index contributed by atoms with van der Waals surface area (Å²) in [5.41, 5.74) is 4.63. The maximum Gasteiger partial charge on any atom is 0.236 e. The van der Waals surface area contributed by atoms with E-state index < -0.39 is 5.60 Å². The normalized spacial score (nSPS) is 24.1. The number of primary amides is 1. The average molecular weight is 215 g/mol. The van der Waals surface area contributed by atoms with Gasteiger partial charge in [0.15, 0.2) is 0 Å². The minimum atomic E-state index is -0.687. The van der Waals surface area contributed by atoms with E-state index in [1.807, 2.05) is 4.90 Å².